The van der Waals surface area contributed by atoms with Crippen LogP contribution in [-0.4, -0.2) is 46.2 Å². The van der Waals surface area contributed by atoms with Crippen LogP contribution in [0.25, 0.3) is 0 Å². The van der Waals surface area contributed by atoms with Crippen molar-refractivity contribution < 1.29 is 25.0 Å². The van der Waals surface area contributed by atoms with Gasteiger partial charge in [0.1, 0.15) is 6.10 Å². The number of nitro benzene ring substituents is 1. The highest BCUT2D eigenvalue weighted by Crippen LogP contribution is 2.33. The molecule has 0 aliphatic rings. The first-order valence-electron chi connectivity index (χ1n) is 5.39. The van der Waals surface area contributed by atoms with E-state index < -0.39 is 28.6 Å². The minimum Gasteiger partial charge on any atom is -0.502 e. The molecule has 1 aromatic rings. The molecule has 0 aliphatic heterocycles. The second-order valence-electron chi connectivity index (χ2n) is 3.92. The van der Waals surface area contributed by atoms with Crippen LogP contribution >= 0.6 is 0 Å². The predicted molar refractivity (Wildman–Crippen MR) is 65.0 cm³/mol. The Morgan fingerprint density at radius 1 is 1.47 bits per heavy atom. The molecule has 0 aliphatic carbocycles. The van der Waals surface area contributed by atoms with Gasteiger partial charge in [0, 0.05) is 12.6 Å². The highest BCUT2D eigenvalue weighted by molar-refractivity contribution is 5.82. The molecule has 2 atom stereocenters. The predicted octanol–water partition coefficient (Wildman–Crippen LogP) is -0.273. The number of phenolic OH excluding ortho intramolecular Hbond substituents is 1. The summed E-state index contributed by atoms with van der Waals surface area (Å²) in [6, 6.07) is 2.02. The first-order chi connectivity index (χ1) is 8.92. The summed E-state index contributed by atoms with van der Waals surface area (Å²) < 4.78 is 0. The molecule has 0 heterocycles. The number of nitrogens with one attached hydrogen (secondary N) is 1. The van der Waals surface area contributed by atoms with Crippen LogP contribution in [0, 0.1) is 10.1 Å². The lowest BCUT2D eigenvalue weighted by molar-refractivity contribution is -0.386. The van der Waals surface area contributed by atoms with E-state index in [1.807, 2.05) is 0 Å². The Labute approximate surface area is 108 Å². The fourth-order valence-corrected chi connectivity index (χ4v) is 1.61. The quantitative estimate of drug-likeness (QED) is 0.317. The lowest BCUT2D eigenvalue weighted by Crippen LogP contribution is -2.29. The molecule has 19 heavy (non-hydrogen) atoms. The Hall–Kier alpha value is -2.03. The van der Waals surface area contributed by atoms with Gasteiger partial charge in [-0.15, -0.1) is 0 Å². The molecule has 8 nitrogen and oxygen atoms in total. The number of aromatic hydroxyl groups is 1. The van der Waals surface area contributed by atoms with Gasteiger partial charge in [0.25, 0.3) is 0 Å². The second-order valence-corrected chi connectivity index (χ2v) is 3.92. The summed E-state index contributed by atoms with van der Waals surface area (Å²) >= 11 is 0. The van der Waals surface area contributed by atoms with E-state index in [4.69, 9.17) is 0 Å². The minimum atomic E-state index is -1.41. The van der Waals surface area contributed by atoms with Crippen LogP contribution in [0.4, 0.5) is 5.69 Å². The molecule has 1 rings (SSSR count). The zero-order chi connectivity index (χ0) is 14.6. The van der Waals surface area contributed by atoms with Gasteiger partial charge in [-0.2, -0.15) is 0 Å². The normalized spacial score (nSPS) is 13.8. The third-order valence-electron chi connectivity index (χ3n) is 2.58. The number of aliphatic hydroxyl groups is 2. The van der Waals surface area contributed by atoms with Crippen molar-refractivity contribution in [1.82, 2.24) is 5.32 Å². The van der Waals surface area contributed by atoms with Crippen LogP contribution in [0.15, 0.2) is 12.1 Å². The van der Waals surface area contributed by atoms with Gasteiger partial charge in [-0.05, 0) is 18.7 Å². The standard InChI is InChI=1S/C11H14N2O6/c1-12-4-9(15)11(17)6-2-7(5-14)10(16)8(3-6)13(18)19/h2-3,5,9,11-12,15-17H,4H2,1H3. The van der Waals surface area contributed by atoms with Crippen LogP contribution in [0.3, 0.4) is 0 Å². The van der Waals surface area contributed by atoms with Gasteiger partial charge in [0.05, 0.1) is 16.6 Å². The van der Waals surface area contributed by atoms with E-state index >= 15 is 0 Å². The Balaban J connectivity index is 3.25. The molecule has 0 fully saturated rings. The third kappa shape index (κ3) is 3.25. The van der Waals surface area contributed by atoms with Gasteiger partial charge < -0.3 is 20.6 Å². The highest BCUT2D eigenvalue weighted by atomic mass is 16.6. The van der Waals surface area contributed by atoms with Gasteiger partial charge >= 0.3 is 5.69 Å². The molecule has 0 bridgehead atoms. The molecule has 4 N–H and O–H groups in total. The van der Waals surface area contributed by atoms with Crippen molar-refractivity contribution in [2.45, 2.75) is 12.2 Å². The first kappa shape index (κ1) is 15.0. The molecule has 0 aromatic heterocycles. The number of phenols is 1. The molecule has 1 aromatic carbocycles. The molecule has 2 unspecified atom stereocenters. The molecule has 0 radical (unpaired) electrons. The van der Waals surface area contributed by atoms with Crippen molar-refractivity contribution in [2.24, 2.45) is 0 Å². The van der Waals surface area contributed by atoms with Crippen LogP contribution < -0.4 is 5.32 Å². The molecule has 0 spiro atoms. The second kappa shape index (κ2) is 6.23. The fourth-order valence-electron chi connectivity index (χ4n) is 1.61. The van der Waals surface area contributed by atoms with E-state index in [0.29, 0.717) is 0 Å². The highest BCUT2D eigenvalue weighted by Gasteiger charge is 2.24. The Kier molecular flexibility index (Phi) is 4.93. The molecular formula is C11H14N2O6. The van der Waals surface area contributed by atoms with Gasteiger partial charge in [-0.3, -0.25) is 14.9 Å². The largest absolute Gasteiger partial charge is 0.502 e. The number of hydrogen-bond acceptors (Lipinski definition) is 7. The van der Waals surface area contributed by atoms with Crippen LogP contribution in [0.2, 0.25) is 0 Å². The van der Waals surface area contributed by atoms with E-state index in [1.165, 1.54) is 0 Å². The van der Waals surface area contributed by atoms with Crippen LogP contribution in [0.1, 0.15) is 22.0 Å². The zero-order valence-corrected chi connectivity index (χ0v) is 10.1. The van der Waals surface area contributed by atoms with Crippen molar-refractivity contribution in [3.05, 3.63) is 33.4 Å². The summed E-state index contributed by atoms with van der Waals surface area (Å²) in [5, 5.41) is 42.3. The van der Waals surface area contributed by atoms with Crippen molar-refractivity contribution in [1.29, 1.82) is 0 Å². The number of aliphatic hydroxyl groups excluding tert-OH is 2. The number of hydrogen-bond donors (Lipinski definition) is 4. The smallest absolute Gasteiger partial charge is 0.311 e. The van der Waals surface area contributed by atoms with Crippen LogP contribution in [-0.2, 0) is 0 Å². The van der Waals surface area contributed by atoms with E-state index in [-0.39, 0.29) is 24.0 Å². The first-order valence-corrected chi connectivity index (χ1v) is 5.39. The zero-order valence-electron chi connectivity index (χ0n) is 10.1. The van der Waals surface area contributed by atoms with Gasteiger partial charge in [0.15, 0.2) is 6.29 Å². The summed E-state index contributed by atoms with van der Waals surface area (Å²) in [5.74, 6) is -0.765. The summed E-state index contributed by atoms with van der Waals surface area (Å²) in [4.78, 5) is 20.6. The van der Waals surface area contributed by atoms with Crippen molar-refractivity contribution in [3.8, 4) is 5.75 Å². The minimum absolute atomic E-state index is 0.0191. The van der Waals surface area contributed by atoms with Crippen molar-refractivity contribution in [3.63, 3.8) is 0 Å². The fraction of sp³-hybridized carbons (Fsp3) is 0.364. The van der Waals surface area contributed by atoms with Gasteiger partial charge in [0.2, 0.25) is 5.75 Å². The third-order valence-corrected chi connectivity index (χ3v) is 2.58. The van der Waals surface area contributed by atoms with Crippen LogP contribution in [0.5, 0.6) is 5.75 Å². The maximum atomic E-state index is 10.7. The van der Waals surface area contributed by atoms with E-state index in [0.717, 1.165) is 12.1 Å². The molecule has 8 heteroatoms. The lowest BCUT2D eigenvalue weighted by atomic mass is 10.0. The van der Waals surface area contributed by atoms with E-state index in [1.54, 1.807) is 7.05 Å². The Morgan fingerprint density at radius 2 is 2.11 bits per heavy atom. The number of nitro groups is 1. The summed E-state index contributed by atoms with van der Waals surface area (Å²) in [6.07, 6.45) is -2.37. The molecule has 0 amide bonds. The number of nitrogens with zero attached hydrogens (tertiary/aromatic N) is 1. The maximum absolute atomic E-state index is 10.7. The maximum Gasteiger partial charge on any atom is 0.311 e. The number of benzene rings is 1. The number of rotatable bonds is 6. The number of carbonyl (C=O) groups is 1. The molecule has 0 saturated heterocycles. The monoisotopic (exact) mass is 270 g/mol. The lowest BCUT2D eigenvalue weighted by Gasteiger charge is -2.18. The SMILES string of the molecule is CNCC(O)C(O)c1cc(C=O)c(O)c([N+](=O)[O-])c1. The topological polar surface area (TPSA) is 133 Å². The van der Waals surface area contributed by atoms with Gasteiger partial charge in [-0.1, -0.05) is 0 Å². The molecular weight excluding hydrogens is 256 g/mol. The molecule has 104 valence electrons. The average molecular weight is 270 g/mol. The number of likely N-dealkylation sites (N-methyl/N-ethyl adjacent to an activating group) is 1. The number of carbonyl (C=O) groups excluding carboxylic acids is 1. The average Bonchev–Trinajstić information content (AvgIpc) is 2.38. The summed E-state index contributed by atoms with van der Waals surface area (Å²) in [6.45, 7) is 0.0618. The van der Waals surface area contributed by atoms with Crippen molar-refractivity contribution >= 4 is 12.0 Å². The Bertz CT molecular complexity index is 490. The van der Waals surface area contributed by atoms with Crippen molar-refractivity contribution in [2.75, 3.05) is 13.6 Å². The van der Waals surface area contributed by atoms with Gasteiger partial charge in [-0.25, -0.2) is 0 Å². The Morgan fingerprint density at radius 3 is 2.58 bits per heavy atom. The van der Waals surface area contributed by atoms with E-state index in [2.05, 4.69) is 5.32 Å². The summed E-state index contributed by atoms with van der Waals surface area (Å²) in [5.41, 5.74) is -1.04. The molecule has 0 saturated carbocycles. The van der Waals surface area contributed by atoms with E-state index in [9.17, 15) is 30.2 Å². The summed E-state index contributed by atoms with van der Waals surface area (Å²) in [7, 11) is 1.56. The number of aldehydes is 1.